The predicted octanol–water partition coefficient (Wildman–Crippen LogP) is 3.63. The quantitative estimate of drug-likeness (QED) is 0.464. The molecule has 3 aliphatic rings. The minimum Gasteiger partial charge on any atom is -0.426 e. The SMILES string of the molecule is Cc1ccc(OC(=O)C2CCC(N3C(=O)[C@@H]4CCCC[C@H]4C3=O)CC2)cc1. The summed E-state index contributed by atoms with van der Waals surface area (Å²) < 4.78 is 5.50. The molecule has 144 valence electrons. The van der Waals surface area contributed by atoms with Crippen molar-refractivity contribution in [2.24, 2.45) is 17.8 Å². The van der Waals surface area contributed by atoms with Gasteiger partial charge in [0.1, 0.15) is 5.75 Å². The molecule has 0 N–H and O–H groups in total. The summed E-state index contributed by atoms with van der Waals surface area (Å²) in [4.78, 5) is 39.5. The Kier molecular flexibility index (Phi) is 5.02. The topological polar surface area (TPSA) is 63.7 Å². The summed E-state index contributed by atoms with van der Waals surface area (Å²) >= 11 is 0. The normalized spacial score (nSPS) is 30.9. The third-order valence-electron chi connectivity index (χ3n) is 6.51. The highest BCUT2D eigenvalue weighted by molar-refractivity contribution is 6.05. The fourth-order valence-electron chi connectivity index (χ4n) is 4.92. The van der Waals surface area contributed by atoms with Crippen LogP contribution in [0, 0.1) is 24.7 Å². The number of benzene rings is 1. The minimum atomic E-state index is -0.204. The van der Waals surface area contributed by atoms with Gasteiger partial charge in [0.2, 0.25) is 11.8 Å². The number of amides is 2. The van der Waals surface area contributed by atoms with Crippen LogP contribution in [0.5, 0.6) is 5.75 Å². The third kappa shape index (κ3) is 3.52. The molecule has 27 heavy (non-hydrogen) atoms. The summed E-state index contributed by atoms with van der Waals surface area (Å²) in [5.74, 6) is 0.112. The maximum absolute atomic E-state index is 12.7. The van der Waals surface area contributed by atoms with Gasteiger partial charge in [0, 0.05) is 6.04 Å². The van der Waals surface area contributed by atoms with E-state index < -0.39 is 0 Å². The van der Waals surface area contributed by atoms with Crippen molar-refractivity contribution < 1.29 is 19.1 Å². The van der Waals surface area contributed by atoms with Crippen molar-refractivity contribution in [2.45, 2.75) is 64.3 Å². The monoisotopic (exact) mass is 369 g/mol. The molecule has 2 amide bonds. The number of carbonyl (C=O) groups excluding carboxylic acids is 3. The molecule has 5 nitrogen and oxygen atoms in total. The first-order chi connectivity index (χ1) is 13.0. The number of imide groups is 1. The van der Waals surface area contributed by atoms with Crippen LogP contribution in [-0.4, -0.2) is 28.7 Å². The zero-order chi connectivity index (χ0) is 19.0. The number of nitrogens with zero attached hydrogens (tertiary/aromatic N) is 1. The Bertz CT molecular complexity index is 709. The van der Waals surface area contributed by atoms with E-state index in [0.29, 0.717) is 31.4 Å². The van der Waals surface area contributed by atoms with Gasteiger partial charge in [-0.3, -0.25) is 19.3 Å². The minimum absolute atomic E-state index is 0.0374. The van der Waals surface area contributed by atoms with E-state index in [1.807, 2.05) is 31.2 Å². The van der Waals surface area contributed by atoms with Gasteiger partial charge in [-0.15, -0.1) is 0 Å². The van der Waals surface area contributed by atoms with Crippen LogP contribution in [0.1, 0.15) is 56.9 Å². The Morgan fingerprint density at radius 2 is 1.44 bits per heavy atom. The van der Waals surface area contributed by atoms with Gasteiger partial charge in [0.15, 0.2) is 0 Å². The van der Waals surface area contributed by atoms with E-state index >= 15 is 0 Å². The molecule has 2 aliphatic carbocycles. The van der Waals surface area contributed by atoms with Crippen LogP contribution in [0.15, 0.2) is 24.3 Å². The fraction of sp³-hybridized carbons (Fsp3) is 0.591. The predicted molar refractivity (Wildman–Crippen MR) is 99.9 cm³/mol. The highest BCUT2D eigenvalue weighted by Crippen LogP contribution is 2.41. The fourth-order valence-corrected chi connectivity index (χ4v) is 4.92. The molecule has 5 heteroatoms. The van der Waals surface area contributed by atoms with Gasteiger partial charge in [-0.1, -0.05) is 30.5 Å². The summed E-state index contributed by atoms with van der Waals surface area (Å²) in [5, 5.41) is 0. The van der Waals surface area contributed by atoms with Crippen LogP contribution < -0.4 is 4.74 Å². The molecular formula is C22H27NO4. The van der Waals surface area contributed by atoms with Gasteiger partial charge in [0.25, 0.3) is 0 Å². The molecule has 1 aliphatic heterocycles. The number of rotatable bonds is 3. The Morgan fingerprint density at radius 3 is 2.00 bits per heavy atom. The van der Waals surface area contributed by atoms with Crippen LogP contribution in [0.3, 0.4) is 0 Å². The second-order valence-electron chi connectivity index (χ2n) is 8.28. The molecule has 1 heterocycles. The van der Waals surface area contributed by atoms with Gasteiger partial charge in [-0.2, -0.15) is 0 Å². The van der Waals surface area contributed by atoms with Gasteiger partial charge in [-0.05, 0) is 57.6 Å². The molecule has 4 rings (SSSR count). The standard InChI is InChI=1S/C22H27NO4/c1-14-6-12-17(13-7-14)27-22(26)15-8-10-16(11-9-15)23-20(24)18-4-2-3-5-19(18)21(23)25/h6-7,12-13,15-16,18-19H,2-5,8-11H2,1H3/t15?,16?,18-,19-/m1/s1. The first-order valence-electron chi connectivity index (χ1n) is 10.2. The van der Waals surface area contributed by atoms with Crippen molar-refractivity contribution >= 4 is 17.8 Å². The lowest BCUT2D eigenvalue weighted by atomic mass is 9.81. The summed E-state index contributed by atoms with van der Waals surface area (Å²) in [6.07, 6.45) is 6.53. The molecule has 1 aromatic carbocycles. The Morgan fingerprint density at radius 1 is 0.889 bits per heavy atom. The molecule has 2 saturated carbocycles. The zero-order valence-electron chi connectivity index (χ0n) is 15.9. The average Bonchev–Trinajstić information content (AvgIpc) is 2.95. The van der Waals surface area contributed by atoms with E-state index in [1.165, 1.54) is 0 Å². The molecular weight excluding hydrogens is 342 g/mol. The van der Waals surface area contributed by atoms with Crippen molar-refractivity contribution in [1.82, 2.24) is 4.90 Å². The van der Waals surface area contributed by atoms with Crippen molar-refractivity contribution in [1.29, 1.82) is 0 Å². The second kappa shape index (κ2) is 7.45. The number of likely N-dealkylation sites (tertiary alicyclic amines) is 1. The van der Waals surface area contributed by atoms with Crippen LogP contribution in [0.2, 0.25) is 0 Å². The first kappa shape index (κ1) is 18.2. The van der Waals surface area contributed by atoms with Gasteiger partial charge >= 0.3 is 5.97 Å². The number of hydrogen-bond donors (Lipinski definition) is 0. The van der Waals surface area contributed by atoms with E-state index in [2.05, 4.69) is 0 Å². The highest BCUT2D eigenvalue weighted by Gasteiger charge is 2.50. The number of esters is 1. The maximum Gasteiger partial charge on any atom is 0.314 e. The van der Waals surface area contributed by atoms with Crippen molar-refractivity contribution in [3.05, 3.63) is 29.8 Å². The van der Waals surface area contributed by atoms with E-state index in [4.69, 9.17) is 4.74 Å². The summed E-state index contributed by atoms with van der Waals surface area (Å²) in [6.45, 7) is 1.99. The molecule has 0 unspecified atom stereocenters. The summed E-state index contributed by atoms with van der Waals surface area (Å²) in [7, 11) is 0. The van der Waals surface area contributed by atoms with Gasteiger partial charge in [-0.25, -0.2) is 0 Å². The molecule has 2 atom stereocenters. The van der Waals surface area contributed by atoms with Crippen LogP contribution in [0.25, 0.3) is 0 Å². The molecule has 3 fully saturated rings. The van der Waals surface area contributed by atoms with Crippen LogP contribution in [0.4, 0.5) is 0 Å². The lowest BCUT2D eigenvalue weighted by Gasteiger charge is -2.32. The third-order valence-corrected chi connectivity index (χ3v) is 6.51. The van der Waals surface area contributed by atoms with E-state index in [9.17, 15) is 14.4 Å². The highest BCUT2D eigenvalue weighted by atomic mass is 16.5. The van der Waals surface area contributed by atoms with E-state index in [-0.39, 0.29) is 41.6 Å². The lowest BCUT2D eigenvalue weighted by Crippen LogP contribution is -2.43. The average molecular weight is 369 g/mol. The van der Waals surface area contributed by atoms with Crippen LogP contribution >= 0.6 is 0 Å². The van der Waals surface area contributed by atoms with Gasteiger partial charge < -0.3 is 4.74 Å². The Labute approximate surface area is 160 Å². The Balaban J connectivity index is 1.34. The molecule has 0 radical (unpaired) electrons. The van der Waals surface area contributed by atoms with Gasteiger partial charge in [0.05, 0.1) is 17.8 Å². The zero-order valence-corrected chi connectivity index (χ0v) is 15.9. The first-order valence-corrected chi connectivity index (χ1v) is 10.2. The van der Waals surface area contributed by atoms with Crippen molar-refractivity contribution in [2.75, 3.05) is 0 Å². The summed E-state index contributed by atoms with van der Waals surface area (Å²) in [6, 6.07) is 7.41. The number of fused-ring (bicyclic) bond motifs is 1. The number of aryl methyl sites for hydroxylation is 1. The molecule has 0 aromatic heterocycles. The van der Waals surface area contributed by atoms with Crippen LogP contribution in [-0.2, 0) is 14.4 Å². The number of carbonyl (C=O) groups is 3. The number of hydrogen-bond acceptors (Lipinski definition) is 4. The van der Waals surface area contributed by atoms with Crippen molar-refractivity contribution in [3.8, 4) is 5.75 Å². The largest absolute Gasteiger partial charge is 0.426 e. The summed E-state index contributed by atoms with van der Waals surface area (Å²) in [5.41, 5.74) is 1.12. The van der Waals surface area contributed by atoms with E-state index in [0.717, 1.165) is 31.2 Å². The lowest BCUT2D eigenvalue weighted by molar-refractivity contribution is -0.144. The molecule has 0 bridgehead atoms. The molecule has 1 saturated heterocycles. The molecule has 0 spiro atoms. The maximum atomic E-state index is 12.7. The van der Waals surface area contributed by atoms with Crippen molar-refractivity contribution in [3.63, 3.8) is 0 Å². The second-order valence-corrected chi connectivity index (χ2v) is 8.28. The van der Waals surface area contributed by atoms with E-state index in [1.54, 1.807) is 4.90 Å². The smallest absolute Gasteiger partial charge is 0.314 e. The number of ether oxygens (including phenoxy) is 1. The molecule has 1 aromatic rings. The Hall–Kier alpha value is -2.17.